The Hall–Kier alpha value is -2.20. The van der Waals surface area contributed by atoms with Crippen LogP contribution < -0.4 is 10.4 Å². The first-order valence-corrected chi connectivity index (χ1v) is 16.5. The predicted octanol–water partition coefficient (Wildman–Crippen LogP) is 4.31. The number of hydrogen-bond acceptors (Lipinski definition) is 6. The van der Waals surface area contributed by atoms with E-state index in [1.165, 1.54) is 0 Å². The number of carbonyl (C=O) groups excluding carboxylic acids is 1. The number of amides is 1. The summed E-state index contributed by atoms with van der Waals surface area (Å²) in [7, 11) is -6.48. The predicted molar refractivity (Wildman–Crippen MR) is 149 cm³/mol. The van der Waals surface area contributed by atoms with E-state index < -0.39 is 42.3 Å². The maximum absolute atomic E-state index is 13.2. The van der Waals surface area contributed by atoms with Crippen LogP contribution >= 0.6 is 0 Å². The Morgan fingerprint density at radius 1 is 0.946 bits per heavy atom. The number of nitrogens with zero attached hydrogens (tertiary/aromatic N) is 1. The Balaban J connectivity index is 2.01. The summed E-state index contributed by atoms with van der Waals surface area (Å²) in [6, 6.07) is 20.2. The molecule has 9 heteroatoms. The minimum atomic E-state index is -3.63. The first kappa shape index (κ1) is 29.4. The molecule has 204 valence electrons. The highest BCUT2D eigenvalue weighted by molar-refractivity contribution is 7.86. The van der Waals surface area contributed by atoms with Gasteiger partial charge in [0, 0.05) is 6.54 Å². The topological polar surface area (TPSA) is 82.1 Å². The molecule has 1 aliphatic rings. The highest BCUT2D eigenvalue weighted by Crippen LogP contribution is 2.37. The molecule has 1 saturated heterocycles. The van der Waals surface area contributed by atoms with E-state index in [-0.39, 0.29) is 11.6 Å². The van der Waals surface area contributed by atoms with Crippen molar-refractivity contribution in [2.45, 2.75) is 77.2 Å². The third kappa shape index (κ3) is 7.43. The van der Waals surface area contributed by atoms with Crippen LogP contribution in [0.15, 0.2) is 60.7 Å². The lowest BCUT2D eigenvalue weighted by Gasteiger charge is -2.46. The SMILES string of the molecule is CC(C)(C)OC(=O)N1CC[C@@H](OS(C)(=O)=O)C[C@H]1CO[Si](c1ccccc1)(c1ccccc1)C(C)(C)C. The van der Waals surface area contributed by atoms with E-state index in [1.807, 2.05) is 57.2 Å². The molecule has 0 saturated carbocycles. The Morgan fingerprint density at radius 3 is 1.89 bits per heavy atom. The van der Waals surface area contributed by atoms with Crippen LogP contribution in [-0.2, 0) is 23.5 Å². The van der Waals surface area contributed by atoms with Crippen LogP contribution in [0.5, 0.6) is 0 Å². The normalized spacial score (nSPS) is 19.5. The molecule has 2 aromatic carbocycles. The second-order valence-corrected chi connectivity index (χ2v) is 17.7. The van der Waals surface area contributed by atoms with E-state index in [1.54, 1.807) is 4.90 Å². The third-order valence-electron chi connectivity index (χ3n) is 6.52. The fourth-order valence-corrected chi connectivity index (χ4v) is 10.3. The van der Waals surface area contributed by atoms with E-state index in [4.69, 9.17) is 13.3 Å². The molecule has 1 aliphatic heterocycles. The fraction of sp³-hybridized carbons (Fsp3) is 0.536. The molecule has 0 radical (unpaired) electrons. The number of rotatable bonds is 7. The minimum Gasteiger partial charge on any atom is -0.444 e. The molecule has 0 unspecified atom stereocenters. The van der Waals surface area contributed by atoms with Gasteiger partial charge in [-0.2, -0.15) is 8.42 Å². The molecule has 2 atom stereocenters. The summed E-state index contributed by atoms with van der Waals surface area (Å²) in [5.41, 5.74) is -0.652. The molecule has 37 heavy (non-hydrogen) atoms. The minimum absolute atomic E-state index is 0.232. The van der Waals surface area contributed by atoms with Gasteiger partial charge in [-0.05, 0) is 49.0 Å². The highest BCUT2D eigenvalue weighted by Gasteiger charge is 2.51. The van der Waals surface area contributed by atoms with Gasteiger partial charge in [-0.25, -0.2) is 4.79 Å². The average molecular weight is 548 g/mol. The van der Waals surface area contributed by atoms with Crippen molar-refractivity contribution in [3.63, 3.8) is 0 Å². The second kappa shape index (κ2) is 11.3. The van der Waals surface area contributed by atoms with E-state index in [9.17, 15) is 13.2 Å². The standard InChI is InChI=1S/C28H41NO6SSi/c1-27(2,3)34-26(30)29-19-18-23(35-36(7,31)32)20-22(29)21-33-37(28(4,5)6,24-14-10-8-11-15-24)25-16-12-9-13-17-25/h8-17,22-23H,18-21H2,1-7H3/t22-,23+/m0/s1. The maximum atomic E-state index is 13.2. The van der Waals surface area contributed by atoms with Crippen LogP contribution in [0.1, 0.15) is 54.4 Å². The van der Waals surface area contributed by atoms with Crippen molar-refractivity contribution in [2.75, 3.05) is 19.4 Å². The van der Waals surface area contributed by atoms with Gasteiger partial charge in [0.1, 0.15) is 5.60 Å². The molecule has 2 aromatic rings. The number of hydrogen-bond donors (Lipinski definition) is 0. The zero-order valence-corrected chi connectivity index (χ0v) is 24.9. The van der Waals surface area contributed by atoms with Gasteiger partial charge >= 0.3 is 6.09 Å². The summed E-state index contributed by atoms with van der Waals surface area (Å²) < 4.78 is 41.9. The lowest BCUT2D eigenvalue weighted by molar-refractivity contribution is -0.0118. The first-order chi connectivity index (χ1) is 17.1. The number of likely N-dealkylation sites (tertiary alicyclic amines) is 1. The zero-order valence-electron chi connectivity index (χ0n) is 23.1. The molecule has 0 aliphatic carbocycles. The zero-order chi connectivity index (χ0) is 27.5. The summed E-state index contributed by atoms with van der Waals surface area (Å²) >= 11 is 0. The maximum Gasteiger partial charge on any atom is 0.410 e. The van der Waals surface area contributed by atoms with Crippen LogP contribution in [-0.4, -0.2) is 64.9 Å². The van der Waals surface area contributed by atoms with Crippen molar-refractivity contribution < 1.29 is 26.6 Å². The van der Waals surface area contributed by atoms with E-state index in [0.717, 1.165) is 16.6 Å². The van der Waals surface area contributed by atoms with Crippen molar-refractivity contribution in [2.24, 2.45) is 0 Å². The largest absolute Gasteiger partial charge is 0.444 e. The monoisotopic (exact) mass is 547 g/mol. The van der Waals surface area contributed by atoms with Crippen molar-refractivity contribution in [3.8, 4) is 0 Å². The molecular formula is C28H41NO6SSi. The Morgan fingerprint density at radius 2 is 1.46 bits per heavy atom. The van der Waals surface area contributed by atoms with E-state index >= 15 is 0 Å². The van der Waals surface area contributed by atoms with Crippen molar-refractivity contribution in [1.82, 2.24) is 4.90 Å². The fourth-order valence-electron chi connectivity index (χ4n) is 5.05. The summed E-state index contributed by atoms with van der Waals surface area (Å²) in [6.45, 7) is 12.6. The van der Waals surface area contributed by atoms with Gasteiger partial charge in [0.2, 0.25) is 0 Å². The van der Waals surface area contributed by atoms with Crippen molar-refractivity contribution >= 4 is 34.9 Å². The molecule has 0 N–H and O–H groups in total. The molecule has 0 bridgehead atoms. The van der Waals surface area contributed by atoms with Crippen LogP contribution in [0.3, 0.4) is 0 Å². The molecule has 1 amide bonds. The van der Waals surface area contributed by atoms with Crippen molar-refractivity contribution in [1.29, 1.82) is 0 Å². The molecule has 3 rings (SSSR count). The van der Waals surface area contributed by atoms with Crippen LogP contribution in [0.4, 0.5) is 4.79 Å². The second-order valence-electron chi connectivity index (χ2n) is 11.7. The number of piperidine rings is 1. The van der Waals surface area contributed by atoms with Crippen LogP contribution in [0, 0.1) is 0 Å². The summed E-state index contributed by atoms with van der Waals surface area (Å²) in [6.07, 6.45) is 0.843. The molecule has 0 aromatic heterocycles. The summed E-state index contributed by atoms with van der Waals surface area (Å²) in [5, 5.41) is 2.04. The van der Waals surface area contributed by atoms with E-state index in [0.29, 0.717) is 19.4 Å². The number of carbonyl (C=O) groups is 1. The number of ether oxygens (including phenoxy) is 1. The van der Waals surface area contributed by atoms with Gasteiger partial charge in [-0.3, -0.25) is 4.18 Å². The van der Waals surface area contributed by atoms with Gasteiger partial charge in [0.15, 0.2) is 0 Å². The average Bonchev–Trinajstić information content (AvgIpc) is 2.78. The van der Waals surface area contributed by atoms with Crippen molar-refractivity contribution in [3.05, 3.63) is 60.7 Å². The quantitative estimate of drug-likeness (QED) is 0.380. The van der Waals surface area contributed by atoms with Crippen LogP contribution in [0.2, 0.25) is 5.04 Å². The molecule has 7 nitrogen and oxygen atoms in total. The molecule has 0 spiro atoms. The van der Waals surface area contributed by atoms with Crippen LogP contribution in [0.25, 0.3) is 0 Å². The Kier molecular flexibility index (Phi) is 8.94. The molecule has 1 fully saturated rings. The Bertz CT molecular complexity index is 1100. The molecular weight excluding hydrogens is 506 g/mol. The summed E-state index contributed by atoms with van der Waals surface area (Å²) in [5.74, 6) is 0. The smallest absolute Gasteiger partial charge is 0.410 e. The Labute approximate surface area is 223 Å². The third-order valence-corrected chi connectivity index (χ3v) is 12.1. The first-order valence-electron chi connectivity index (χ1n) is 12.8. The summed E-state index contributed by atoms with van der Waals surface area (Å²) in [4.78, 5) is 14.8. The van der Waals surface area contributed by atoms with Gasteiger partial charge in [0.25, 0.3) is 18.4 Å². The molecule has 1 heterocycles. The van der Waals surface area contributed by atoms with Gasteiger partial charge < -0.3 is 14.1 Å². The van der Waals surface area contributed by atoms with Gasteiger partial charge in [0.05, 0.1) is 25.0 Å². The highest BCUT2D eigenvalue weighted by atomic mass is 32.2. The lowest BCUT2D eigenvalue weighted by Crippen LogP contribution is -2.67. The van der Waals surface area contributed by atoms with Gasteiger partial charge in [-0.1, -0.05) is 81.4 Å². The van der Waals surface area contributed by atoms with Gasteiger partial charge in [-0.15, -0.1) is 0 Å². The number of benzene rings is 2. The lowest BCUT2D eigenvalue weighted by atomic mass is 10.0. The van der Waals surface area contributed by atoms with E-state index in [2.05, 4.69) is 45.0 Å².